The topological polar surface area (TPSA) is 55.6 Å². The molecule has 2 rings (SSSR count). The van der Waals surface area contributed by atoms with Crippen LogP contribution in [-0.4, -0.2) is 42.1 Å². The van der Waals surface area contributed by atoms with Crippen LogP contribution in [-0.2, 0) is 9.53 Å². The van der Waals surface area contributed by atoms with Gasteiger partial charge in [0.1, 0.15) is 0 Å². The Morgan fingerprint density at radius 1 is 1.60 bits per heavy atom. The number of morpholine rings is 1. The molecule has 0 aromatic heterocycles. The molecule has 3 atom stereocenters. The van der Waals surface area contributed by atoms with E-state index in [-0.39, 0.29) is 18.1 Å². The van der Waals surface area contributed by atoms with E-state index in [4.69, 9.17) is 10.5 Å². The van der Waals surface area contributed by atoms with Crippen molar-refractivity contribution in [2.75, 3.05) is 13.2 Å². The van der Waals surface area contributed by atoms with Crippen molar-refractivity contribution in [3.63, 3.8) is 0 Å². The van der Waals surface area contributed by atoms with Gasteiger partial charge in [-0.1, -0.05) is 6.92 Å². The van der Waals surface area contributed by atoms with Gasteiger partial charge in [-0.15, -0.1) is 0 Å². The fourth-order valence-corrected chi connectivity index (χ4v) is 2.59. The van der Waals surface area contributed by atoms with E-state index in [1.54, 1.807) is 0 Å². The number of hydrogen-bond acceptors (Lipinski definition) is 3. The maximum atomic E-state index is 12.0. The van der Waals surface area contributed by atoms with E-state index < -0.39 is 0 Å². The molecule has 0 radical (unpaired) electrons. The molecular formula is C11H20N2O2. The quantitative estimate of drug-likeness (QED) is 0.725. The molecule has 1 aliphatic heterocycles. The number of carbonyl (C=O) groups excluding carboxylic acids is 1. The first-order valence-electron chi connectivity index (χ1n) is 5.91. The van der Waals surface area contributed by atoms with Crippen LogP contribution >= 0.6 is 0 Å². The molecule has 1 saturated carbocycles. The number of amides is 1. The van der Waals surface area contributed by atoms with Crippen LogP contribution in [0.3, 0.4) is 0 Å². The Bertz CT molecular complexity index is 245. The lowest BCUT2D eigenvalue weighted by Crippen LogP contribution is -2.55. The highest BCUT2D eigenvalue weighted by Gasteiger charge is 2.39. The molecule has 2 unspecified atom stereocenters. The van der Waals surface area contributed by atoms with Gasteiger partial charge in [0.15, 0.2) is 0 Å². The van der Waals surface area contributed by atoms with Crippen LogP contribution in [0.2, 0.25) is 0 Å². The van der Waals surface area contributed by atoms with Crippen LogP contribution in [0.15, 0.2) is 0 Å². The average molecular weight is 212 g/mol. The zero-order valence-electron chi connectivity index (χ0n) is 9.32. The van der Waals surface area contributed by atoms with Gasteiger partial charge in [0.25, 0.3) is 0 Å². The van der Waals surface area contributed by atoms with E-state index in [1.165, 1.54) is 6.42 Å². The van der Waals surface area contributed by atoms with Crippen molar-refractivity contribution in [1.29, 1.82) is 0 Å². The first-order valence-corrected chi connectivity index (χ1v) is 5.91. The lowest BCUT2D eigenvalue weighted by molar-refractivity contribution is -0.145. The molecule has 4 nitrogen and oxygen atoms in total. The number of fused-ring (bicyclic) bond motifs is 1. The van der Waals surface area contributed by atoms with Gasteiger partial charge in [-0.05, 0) is 25.7 Å². The Labute approximate surface area is 90.8 Å². The summed E-state index contributed by atoms with van der Waals surface area (Å²) in [6, 6.07) is -0.0341. The Morgan fingerprint density at radius 3 is 3.13 bits per heavy atom. The predicted octanol–water partition coefficient (Wildman–Crippen LogP) is 0.504. The van der Waals surface area contributed by atoms with E-state index in [1.807, 2.05) is 11.8 Å². The van der Waals surface area contributed by atoms with Gasteiger partial charge < -0.3 is 15.4 Å². The predicted molar refractivity (Wildman–Crippen MR) is 57.4 cm³/mol. The molecule has 1 saturated heterocycles. The maximum absolute atomic E-state index is 12.0. The molecule has 0 bridgehead atoms. The highest BCUT2D eigenvalue weighted by Crippen LogP contribution is 2.29. The first-order chi connectivity index (χ1) is 7.24. The number of nitrogens with zero attached hydrogens (tertiary/aromatic N) is 1. The standard InChI is InChI=1S/C11H20N2O2/c1-2-8(12)11(14)13-6-7-15-10-5-3-4-9(10)13/h8-10H,2-7,12H2,1H3/t8-,9?,10?/m0/s1. The van der Waals surface area contributed by atoms with Gasteiger partial charge in [-0.25, -0.2) is 0 Å². The Balaban J connectivity index is 2.04. The van der Waals surface area contributed by atoms with Crippen molar-refractivity contribution in [1.82, 2.24) is 4.90 Å². The molecule has 86 valence electrons. The lowest BCUT2D eigenvalue weighted by atomic mass is 10.1. The summed E-state index contributed by atoms with van der Waals surface area (Å²) in [6.07, 6.45) is 4.32. The van der Waals surface area contributed by atoms with Gasteiger partial charge in [0, 0.05) is 6.54 Å². The largest absolute Gasteiger partial charge is 0.374 e. The zero-order valence-corrected chi connectivity index (χ0v) is 9.32. The van der Waals surface area contributed by atoms with Crippen LogP contribution in [0, 0.1) is 0 Å². The van der Waals surface area contributed by atoms with Crippen molar-refractivity contribution in [3.05, 3.63) is 0 Å². The molecule has 2 aliphatic rings. The molecule has 2 fully saturated rings. The molecule has 1 amide bonds. The van der Waals surface area contributed by atoms with Crippen molar-refractivity contribution < 1.29 is 9.53 Å². The minimum Gasteiger partial charge on any atom is -0.374 e. The zero-order chi connectivity index (χ0) is 10.8. The molecule has 15 heavy (non-hydrogen) atoms. The van der Waals surface area contributed by atoms with Crippen molar-refractivity contribution in [3.8, 4) is 0 Å². The molecule has 0 aromatic rings. The summed E-state index contributed by atoms with van der Waals surface area (Å²) in [5.74, 6) is 0.109. The SMILES string of the molecule is CC[C@H](N)C(=O)N1CCOC2CCCC21. The maximum Gasteiger partial charge on any atom is 0.239 e. The molecule has 4 heteroatoms. The second kappa shape index (κ2) is 4.49. The normalized spacial score (nSPS) is 32.5. The first kappa shape index (κ1) is 10.9. The summed E-state index contributed by atoms with van der Waals surface area (Å²) in [4.78, 5) is 14.0. The van der Waals surface area contributed by atoms with Gasteiger partial charge in [0.05, 0.1) is 24.8 Å². The van der Waals surface area contributed by atoms with E-state index in [9.17, 15) is 4.79 Å². The Hall–Kier alpha value is -0.610. The summed E-state index contributed by atoms with van der Waals surface area (Å²) >= 11 is 0. The summed E-state index contributed by atoms with van der Waals surface area (Å²) in [7, 11) is 0. The summed E-state index contributed by atoms with van der Waals surface area (Å²) < 4.78 is 5.66. The average Bonchev–Trinajstić information content (AvgIpc) is 2.74. The summed E-state index contributed by atoms with van der Waals surface area (Å²) in [6.45, 7) is 3.34. The molecule has 1 heterocycles. The highest BCUT2D eigenvalue weighted by atomic mass is 16.5. The van der Waals surface area contributed by atoms with Crippen LogP contribution in [0.25, 0.3) is 0 Å². The number of rotatable bonds is 2. The van der Waals surface area contributed by atoms with Crippen LogP contribution < -0.4 is 5.73 Å². The van der Waals surface area contributed by atoms with Gasteiger partial charge in [0.2, 0.25) is 5.91 Å². The summed E-state index contributed by atoms with van der Waals surface area (Å²) in [5.41, 5.74) is 5.80. The van der Waals surface area contributed by atoms with Crippen molar-refractivity contribution in [2.24, 2.45) is 5.73 Å². The number of carbonyl (C=O) groups is 1. The molecule has 1 aliphatic carbocycles. The Kier molecular flexibility index (Phi) is 3.26. The van der Waals surface area contributed by atoms with Crippen LogP contribution in [0.5, 0.6) is 0 Å². The monoisotopic (exact) mass is 212 g/mol. The fourth-order valence-electron chi connectivity index (χ4n) is 2.59. The third-order valence-electron chi connectivity index (χ3n) is 3.52. The molecule has 0 aromatic carbocycles. The smallest absolute Gasteiger partial charge is 0.239 e. The van der Waals surface area contributed by atoms with E-state index in [0.717, 1.165) is 12.8 Å². The second-order valence-electron chi connectivity index (χ2n) is 4.45. The van der Waals surface area contributed by atoms with Gasteiger partial charge in [-0.3, -0.25) is 4.79 Å². The van der Waals surface area contributed by atoms with E-state index in [2.05, 4.69) is 0 Å². The van der Waals surface area contributed by atoms with Crippen molar-refractivity contribution >= 4 is 5.91 Å². The number of hydrogen-bond donors (Lipinski definition) is 1. The molecular weight excluding hydrogens is 192 g/mol. The van der Waals surface area contributed by atoms with Crippen LogP contribution in [0.1, 0.15) is 32.6 Å². The lowest BCUT2D eigenvalue weighted by Gasteiger charge is -2.38. The van der Waals surface area contributed by atoms with Gasteiger partial charge in [-0.2, -0.15) is 0 Å². The number of nitrogens with two attached hydrogens (primary N) is 1. The van der Waals surface area contributed by atoms with Crippen molar-refractivity contribution in [2.45, 2.75) is 50.8 Å². The second-order valence-corrected chi connectivity index (χ2v) is 4.45. The molecule has 2 N–H and O–H groups in total. The molecule has 0 spiro atoms. The fraction of sp³-hybridized carbons (Fsp3) is 0.909. The third-order valence-corrected chi connectivity index (χ3v) is 3.52. The van der Waals surface area contributed by atoms with E-state index in [0.29, 0.717) is 25.6 Å². The van der Waals surface area contributed by atoms with Gasteiger partial charge >= 0.3 is 0 Å². The minimum absolute atomic E-state index is 0.109. The minimum atomic E-state index is -0.329. The summed E-state index contributed by atoms with van der Waals surface area (Å²) in [5, 5.41) is 0. The third kappa shape index (κ3) is 2.01. The highest BCUT2D eigenvalue weighted by molar-refractivity contribution is 5.82. The van der Waals surface area contributed by atoms with E-state index >= 15 is 0 Å². The number of ether oxygens (including phenoxy) is 1. The van der Waals surface area contributed by atoms with Crippen LogP contribution in [0.4, 0.5) is 0 Å². The Morgan fingerprint density at radius 2 is 2.40 bits per heavy atom.